The first-order valence-corrected chi connectivity index (χ1v) is 8.89. The Morgan fingerprint density at radius 1 is 1.12 bits per heavy atom. The van der Waals surface area contributed by atoms with E-state index >= 15 is 0 Å². The van der Waals surface area contributed by atoms with E-state index < -0.39 is 0 Å². The van der Waals surface area contributed by atoms with E-state index in [0.717, 1.165) is 31.1 Å². The molecule has 0 radical (unpaired) electrons. The Morgan fingerprint density at radius 2 is 1.83 bits per heavy atom. The van der Waals surface area contributed by atoms with Gasteiger partial charge in [0.25, 0.3) is 0 Å². The highest BCUT2D eigenvalue weighted by Crippen LogP contribution is 2.35. The fraction of sp³-hybridized carbons (Fsp3) is 0.500. The van der Waals surface area contributed by atoms with Crippen molar-refractivity contribution in [2.24, 2.45) is 0 Å². The molecule has 128 valence electrons. The number of rotatable bonds is 5. The zero-order chi connectivity index (χ0) is 17.0. The lowest BCUT2D eigenvalue weighted by Crippen LogP contribution is -2.45. The van der Waals surface area contributed by atoms with Crippen LogP contribution in [0.2, 0.25) is 0 Å². The molecule has 1 fully saturated rings. The maximum Gasteiger partial charge on any atom is 0.129 e. The average molecular weight is 324 g/mol. The van der Waals surface area contributed by atoms with Crippen molar-refractivity contribution in [1.82, 2.24) is 14.9 Å². The molecule has 0 saturated carbocycles. The summed E-state index contributed by atoms with van der Waals surface area (Å²) >= 11 is 0. The molecule has 24 heavy (non-hydrogen) atoms. The predicted molar refractivity (Wildman–Crippen MR) is 99.5 cm³/mol. The Hall–Kier alpha value is -1.94. The van der Waals surface area contributed by atoms with E-state index in [1.165, 1.54) is 18.4 Å². The number of nitrogens with zero attached hydrogens (tertiary/aromatic N) is 3. The van der Waals surface area contributed by atoms with Gasteiger partial charge in [-0.15, -0.1) is 0 Å². The lowest BCUT2D eigenvalue weighted by Gasteiger charge is -2.41. The lowest BCUT2D eigenvalue weighted by molar-refractivity contribution is 0.195. The minimum absolute atomic E-state index is 0.177. The first kappa shape index (κ1) is 16.9. The van der Waals surface area contributed by atoms with E-state index in [9.17, 15) is 0 Å². The van der Waals surface area contributed by atoms with Gasteiger partial charge in [-0.3, -0.25) is 0 Å². The lowest BCUT2D eigenvalue weighted by atomic mass is 9.72. The van der Waals surface area contributed by atoms with E-state index in [2.05, 4.69) is 77.5 Å². The summed E-state index contributed by atoms with van der Waals surface area (Å²) in [6, 6.07) is 13.0. The molecule has 3 rings (SSSR count). The third-order valence-corrected chi connectivity index (χ3v) is 5.22. The Bertz CT molecular complexity index is 646. The summed E-state index contributed by atoms with van der Waals surface area (Å²) in [5.41, 5.74) is 2.70. The number of piperidine rings is 1. The third kappa shape index (κ3) is 3.75. The molecule has 2 heterocycles. The first-order chi connectivity index (χ1) is 11.6. The van der Waals surface area contributed by atoms with Crippen LogP contribution in [0, 0.1) is 0 Å². The number of nitrogens with one attached hydrogen (secondary N) is 1. The van der Waals surface area contributed by atoms with Gasteiger partial charge < -0.3 is 10.2 Å². The molecule has 0 unspecified atom stereocenters. The highest BCUT2D eigenvalue weighted by atomic mass is 15.1. The number of benzene rings is 1. The van der Waals surface area contributed by atoms with Gasteiger partial charge in [-0.1, -0.05) is 44.2 Å². The molecule has 0 amide bonds. The molecule has 0 spiro atoms. The number of hydrogen-bond donors (Lipinski definition) is 1. The second kappa shape index (κ2) is 7.31. The van der Waals surface area contributed by atoms with E-state index in [-0.39, 0.29) is 5.41 Å². The monoisotopic (exact) mass is 324 g/mol. The van der Waals surface area contributed by atoms with Crippen LogP contribution in [0.4, 0.5) is 5.82 Å². The smallest absolute Gasteiger partial charge is 0.129 e. The highest BCUT2D eigenvalue weighted by Gasteiger charge is 2.35. The zero-order valence-electron chi connectivity index (χ0n) is 15.0. The number of anilines is 1. The fourth-order valence-electron chi connectivity index (χ4n) is 3.45. The van der Waals surface area contributed by atoms with Gasteiger partial charge in [0.15, 0.2) is 0 Å². The predicted octanol–water partition coefficient (Wildman–Crippen LogP) is 3.68. The van der Waals surface area contributed by atoms with Crippen LogP contribution < -0.4 is 5.32 Å². The van der Waals surface area contributed by atoms with Crippen molar-refractivity contribution in [2.45, 2.75) is 38.0 Å². The maximum atomic E-state index is 4.41. The van der Waals surface area contributed by atoms with E-state index in [4.69, 9.17) is 0 Å². The molecule has 1 aliphatic heterocycles. The molecule has 0 aliphatic carbocycles. The Labute approximate surface area is 145 Å². The Kier molecular flexibility index (Phi) is 5.14. The molecule has 1 N–H and O–H groups in total. The zero-order valence-corrected chi connectivity index (χ0v) is 15.0. The number of aromatic nitrogens is 2. The van der Waals surface area contributed by atoms with Gasteiger partial charge in [-0.25, -0.2) is 9.97 Å². The molecular formula is C20H28N4. The molecule has 0 bridgehead atoms. The topological polar surface area (TPSA) is 41.0 Å². The molecule has 1 aliphatic rings. The molecular weight excluding hydrogens is 296 g/mol. The van der Waals surface area contributed by atoms with Crippen LogP contribution in [0.15, 0.2) is 42.7 Å². The van der Waals surface area contributed by atoms with Gasteiger partial charge in [-0.2, -0.15) is 0 Å². The van der Waals surface area contributed by atoms with Gasteiger partial charge in [-0.05, 0) is 44.5 Å². The van der Waals surface area contributed by atoms with Crippen molar-refractivity contribution < 1.29 is 0 Å². The van der Waals surface area contributed by atoms with Crippen LogP contribution in [0.1, 0.15) is 43.9 Å². The molecule has 1 saturated heterocycles. The van der Waals surface area contributed by atoms with Crippen molar-refractivity contribution in [3.05, 3.63) is 54.0 Å². The fourth-order valence-corrected chi connectivity index (χ4v) is 3.45. The summed E-state index contributed by atoms with van der Waals surface area (Å²) in [4.78, 5) is 11.2. The molecule has 1 aromatic heterocycles. The third-order valence-electron chi connectivity index (χ3n) is 5.22. The van der Waals surface area contributed by atoms with Crippen molar-refractivity contribution >= 4 is 5.82 Å². The molecule has 1 aromatic carbocycles. The summed E-state index contributed by atoms with van der Waals surface area (Å²) in [5.74, 6) is 1.35. The molecule has 4 nitrogen and oxygen atoms in total. The van der Waals surface area contributed by atoms with Gasteiger partial charge in [0, 0.05) is 23.7 Å². The van der Waals surface area contributed by atoms with Gasteiger partial charge in [0.2, 0.25) is 0 Å². The van der Waals surface area contributed by atoms with Crippen molar-refractivity contribution in [2.75, 3.05) is 32.0 Å². The van der Waals surface area contributed by atoms with Crippen LogP contribution in [0.3, 0.4) is 0 Å². The quantitative estimate of drug-likeness (QED) is 0.911. The summed E-state index contributed by atoms with van der Waals surface area (Å²) in [6.07, 6.45) is 4.01. The standard InChI is InChI=1S/C20H28N4/c1-16(2)18-13-19(23-15-22-18)21-14-20(9-11-24(3)12-10-20)17-7-5-4-6-8-17/h4-8,13,15-16H,9-12,14H2,1-3H3,(H,21,22,23). The Morgan fingerprint density at radius 3 is 2.50 bits per heavy atom. The minimum atomic E-state index is 0.177. The van der Waals surface area contributed by atoms with E-state index in [1.807, 2.05) is 0 Å². The van der Waals surface area contributed by atoms with E-state index in [0.29, 0.717) is 5.92 Å². The van der Waals surface area contributed by atoms with Crippen LogP contribution in [-0.4, -0.2) is 41.5 Å². The van der Waals surface area contributed by atoms with Crippen LogP contribution in [-0.2, 0) is 5.41 Å². The number of hydrogen-bond acceptors (Lipinski definition) is 4. The minimum Gasteiger partial charge on any atom is -0.369 e. The number of likely N-dealkylation sites (tertiary alicyclic amines) is 1. The molecule has 0 atom stereocenters. The largest absolute Gasteiger partial charge is 0.369 e. The van der Waals surface area contributed by atoms with Crippen LogP contribution in [0.5, 0.6) is 0 Å². The Balaban J connectivity index is 1.79. The van der Waals surface area contributed by atoms with Crippen molar-refractivity contribution in [1.29, 1.82) is 0 Å². The first-order valence-electron chi connectivity index (χ1n) is 8.89. The second-order valence-electron chi connectivity index (χ2n) is 7.29. The normalized spacial score (nSPS) is 17.8. The molecule has 4 heteroatoms. The van der Waals surface area contributed by atoms with Gasteiger partial charge >= 0.3 is 0 Å². The van der Waals surface area contributed by atoms with Crippen molar-refractivity contribution in [3.8, 4) is 0 Å². The summed E-state index contributed by atoms with van der Waals surface area (Å²) in [7, 11) is 2.21. The van der Waals surface area contributed by atoms with Gasteiger partial charge in [0.1, 0.15) is 12.1 Å². The van der Waals surface area contributed by atoms with Crippen molar-refractivity contribution in [3.63, 3.8) is 0 Å². The average Bonchev–Trinajstić information content (AvgIpc) is 2.62. The highest BCUT2D eigenvalue weighted by molar-refractivity contribution is 5.38. The maximum absolute atomic E-state index is 4.41. The SMILES string of the molecule is CC(C)c1cc(NCC2(c3ccccc3)CCN(C)CC2)ncn1. The van der Waals surface area contributed by atoms with Gasteiger partial charge in [0.05, 0.1) is 0 Å². The second-order valence-corrected chi connectivity index (χ2v) is 7.29. The van der Waals surface area contributed by atoms with E-state index in [1.54, 1.807) is 6.33 Å². The van der Waals surface area contributed by atoms with Crippen LogP contribution in [0.25, 0.3) is 0 Å². The molecule has 2 aromatic rings. The summed E-state index contributed by atoms with van der Waals surface area (Å²) in [5, 5.41) is 3.59. The summed E-state index contributed by atoms with van der Waals surface area (Å²) in [6.45, 7) is 7.51. The van der Waals surface area contributed by atoms with Crippen LogP contribution >= 0.6 is 0 Å². The summed E-state index contributed by atoms with van der Waals surface area (Å²) < 4.78 is 0.